The van der Waals surface area contributed by atoms with Crippen molar-refractivity contribution in [3.05, 3.63) is 34.6 Å². The van der Waals surface area contributed by atoms with Crippen molar-refractivity contribution in [1.29, 1.82) is 0 Å². The van der Waals surface area contributed by atoms with Crippen molar-refractivity contribution in [2.75, 3.05) is 6.61 Å². The highest BCUT2D eigenvalue weighted by molar-refractivity contribution is 6.30. The van der Waals surface area contributed by atoms with Crippen LogP contribution in [0.1, 0.15) is 18.9 Å². The highest BCUT2D eigenvalue weighted by Crippen LogP contribution is 2.14. The fourth-order valence-corrected chi connectivity index (χ4v) is 1.42. The molecule has 2 N–H and O–H groups in total. The third-order valence-electron chi connectivity index (χ3n) is 2.31. The Morgan fingerprint density at radius 1 is 1.53 bits per heavy atom. The molecule has 15 heavy (non-hydrogen) atoms. The van der Waals surface area contributed by atoms with Gasteiger partial charge in [-0.2, -0.15) is 0 Å². The Morgan fingerprint density at radius 3 is 2.80 bits per heavy atom. The SMILES string of the molecule is CC[C@H](CO)NCc1ccc(Cl)cc1F. The summed E-state index contributed by atoms with van der Waals surface area (Å²) < 4.78 is 13.3. The summed E-state index contributed by atoms with van der Waals surface area (Å²) in [5, 5.41) is 12.4. The van der Waals surface area contributed by atoms with Crippen molar-refractivity contribution >= 4 is 11.6 Å². The Labute approximate surface area is 94.1 Å². The van der Waals surface area contributed by atoms with Crippen molar-refractivity contribution in [1.82, 2.24) is 5.32 Å². The predicted octanol–water partition coefficient (Wildman–Crippen LogP) is 2.34. The monoisotopic (exact) mass is 231 g/mol. The van der Waals surface area contributed by atoms with Gasteiger partial charge in [-0.15, -0.1) is 0 Å². The van der Waals surface area contributed by atoms with E-state index in [1.807, 2.05) is 6.92 Å². The van der Waals surface area contributed by atoms with Gasteiger partial charge in [0, 0.05) is 23.2 Å². The van der Waals surface area contributed by atoms with E-state index in [1.165, 1.54) is 6.07 Å². The third kappa shape index (κ3) is 3.78. The number of hydrogen-bond acceptors (Lipinski definition) is 2. The smallest absolute Gasteiger partial charge is 0.129 e. The molecule has 1 aromatic carbocycles. The zero-order valence-electron chi connectivity index (χ0n) is 8.63. The molecular formula is C11H15ClFNO. The van der Waals surface area contributed by atoms with Gasteiger partial charge in [0.2, 0.25) is 0 Å². The van der Waals surface area contributed by atoms with Gasteiger partial charge in [0.15, 0.2) is 0 Å². The number of aliphatic hydroxyl groups excluding tert-OH is 1. The molecule has 0 unspecified atom stereocenters. The first-order valence-corrected chi connectivity index (χ1v) is 5.33. The fourth-order valence-electron chi connectivity index (χ4n) is 1.26. The van der Waals surface area contributed by atoms with Crippen LogP contribution in [0, 0.1) is 5.82 Å². The Hall–Kier alpha value is -0.640. The molecule has 0 amide bonds. The molecule has 84 valence electrons. The Balaban J connectivity index is 2.57. The second kappa shape index (κ2) is 6.05. The standard InChI is InChI=1S/C11H15ClFNO/c1-2-10(7-15)14-6-8-3-4-9(12)5-11(8)13/h3-5,10,14-15H,2,6-7H2,1H3/t10-/m1/s1. The van der Waals surface area contributed by atoms with E-state index < -0.39 is 0 Å². The van der Waals surface area contributed by atoms with Crippen LogP contribution in [0.15, 0.2) is 18.2 Å². The third-order valence-corrected chi connectivity index (χ3v) is 2.54. The van der Waals surface area contributed by atoms with Crippen molar-refractivity contribution < 1.29 is 9.50 Å². The molecule has 1 atom stereocenters. The number of rotatable bonds is 5. The minimum Gasteiger partial charge on any atom is -0.395 e. The predicted molar refractivity (Wildman–Crippen MR) is 59.4 cm³/mol. The summed E-state index contributed by atoms with van der Waals surface area (Å²) in [4.78, 5) is 0. The van der Waals surface area contributed by atoms with Gasteiger partial charge in [-0.3, -0.25) is 0 Å². The summed E-state index contributed by atoms with van der Waals surface area (Å²) in [6.07, 6.45) is 0.811. The normalized spacial score (nSPS) is 12.8. The van der Waals surface area contributed by atoms with E-state index in [2.05, 4.69) is 5.32 Å². The van der Waals surface area contributed by atoms with E-state index in [1.54, 1.807) is 12.1 Å². The fraction of sp³-hybridized carbons (Fsp3) is 0.455. The van der Waals surface area contributed by atoms with Crippen LogP contribution >= 0.6 is 11.6 Å². The van der Waals surface area contributed by atoms with E-state index in [9.17, 15) is 4.39 Å². The first-order chi connectivity index (χ1) is 7.17. The molecule has 0 spiro atoms. The summed E-state index contributed by atoms with van der Waals surface area (Å²) in [7, 11) is 0. The lowest BCUT2D eigenvalue weighted by atomic mass is 10.2. The number of nitrogens with one attached hydrogen (secondary N) is 1. The van der Waals surface area contributed by atoms with Crippen molar-refractivity contribution in [3.8, 4) is 0 Å². The van der Waals surface area contributed by atoms with Crippen LogP contribution < -0.4 is 5.32 Å². The first kappa shape index (κ1) is 12.4. The lowest BCUT2D eigenvalue weighted by Crippen LogP contribution is -2.31. The van der Waals surface area contributed by atoms with E-state index >= 15 is 0 Å². The van der Waals surface area contributed by atoms with Crippen molar-refractivity contribution in [3.63, 3.8) is 0 Å². The van der Waals surface area contributed by atoms with Crippen LogP contribution in [0.2, 0.25) is 5.02 Å². The molecule has 2 nitrogen and oxygen atoms in total. The summed E-state index contributed by atoms with van der Waals surface area (Å²) in [5.74, 6) is -0.317. The Bertz CT molecular complexity index is 315. The summed E-state index contributed by atoms with van der Waals surface area (Å²) in [5.41, 5.74) is 0.561. The Kier molecular flexibility index (Phi) is 5.02. The largest absolute Gasteiger partial charge is 0.395 e. The topological polar surface area (TPSA) is 32.3 Å². The molecule has 0 aromatic heterocycles. The van der Waals surface area contributed by atoms with Gasteiger partial charge < -0.3 is 10.4 Å². The van der Waals surface area contributed by atoms with Gasteiger partial charge in [0.05, 0.1) is 6.61 Å². The maximum absolute atomic E-state index is 13.3. The molecule has 0 aliphatic carbocycles. The van der Waals surface area contributed by atoms with Gasteiger partial charge in [0.1, 0.15) is 5.82 Å². The minimum atomic E-state index is -0.317. The van der Waals surface area contributed by atoms with Crippen LogP contribution in [-0.4, -0.2) is 17.8 Å². The molecule has 0 fully saturated rings. The lowest BCUT2D eigenvalue weighted by Gasteiger charge is -2.14. The summed E-state index contributed by atoms with van der Waals surface area (Å²) in [6, 6.07) is 4.61. The molecule has 1 rings (SSSR count). The molecular weight excluding hydrogens is 217 g/mol. The maximum Gasteiger partial charge on any atom is 0.129 e. The lowest BCUT2D eigenvalue weighted by molar-refractivity contribution is 0.238. The minimum absolute atomic E-state index is 0.0140. The molecule has 4 heteroatoms. The van der Waals surface area contributed by atoms with Crippen LogP contribution in [0.4, 0.5) is 4.39 Å². The summed E-state index contributed by atoms with van der Waals surface area (Å²) >= 11 is 5.63. The molecule has 0 aliphatic rings. The molecule has 0 bridgehead atoms. The average molecular weight is 232 g/mol. The molecule has 1 aromatic rings. The molecule has 0 saturated carbocycles. The highest BCUT2D eigenvalue weighted by Gasteiger charge is 2.06. The van der Waals surface area contributed by atoms with E-state index in [0.717, 1.165) is 6.42 Å². The van der Waals surface area contributed by atoms with Crippen LogP contribution in [0.25, 0.3) is 0 Å². The van der Waals surface area contributed by atoms with E-state index in [-0.39, 0.29) is 18.5 Å². The first-order valence-electron chi connectivity index (χ1n) is 4.95. The van der Waals surface area contributed by atoms with E-state index in [0.29, 0.717) is 17.1 Å². The molecule has 0 saturated heterocycles. The van der Waals surface area contributed by atoms with Crippen LogP contribution in [-0.2, 0) is 6.54 Å². The van der Waals surface area contributed by atoms with Gasteiger partial charge in [0.25, 0.3) is 0 Å². The molecule has 0 heterocycles. The van der Waals surface area contributed by atoms with Gasteiger partial charge in [-0.05, 0) is 18.6 Å². The van der Waals surface area contributed by atoms with E-state index in [4.69, 9.17) is 16.7 Å². The van der Waals surface area contributed by atoms with Gasteiger partial charge >= 0.3 is 0 Å². The van der Waals surface area contributed by atoms with Crippen LogP contribution in [0.3, 0.4) is 0 Å². The van der Waals surface area contributed by atoms with Crippen molar-refractivity contribution in [2.45, 2.75) is 25.9 Å². The maximum atomic E-state index is 13.3. The number of hydrogen-bond donors (Lipinski definition) is 2. The van der Waals surface area contributed by atoms with Crippen molar-refractivity contribution in [2.24, 2.45) is 0 Å². The average Bonchev–Trinajstić information content (AvgIpc) is 2.22. The van der Waals surface area contributed by atoms with Crippen LogP contribution in [0.5, 0.6) is 0 Å². The second-order valence-electron chi connectivity index (χ2n) is 3.40. The zero-order valence-corrected chi connectivity index (χ0v) is 9.39. The highest BCUT2D eigenvalue weighted by atomic mass is 35.5. The number of aliphatic hydroxyl groups is 1. The quantitative estimate of drug-likeness (QED) is 0.815. The number of halogens is 2. The second-order valence-corrected chi connectivity index (χ2v) is 3.84. The molecule has 0 aliphatic heterocycles. The zero-order chi connectivity index (χ0) is 11.3. The van der Waals surface area contributed by atoms with Gasteiger partial charge in [-0.1, -0.05) is 24.6 Å². The Morgan fingerprint density at radius 2 is 2.27 bits per heavy atom. The van der Waals surface area contributed by atoms with Gasteiger partial charge in [-0.25, -0.2) is 4.39 Å². The summed E-state index contributed by atoms with van der Waals surface area (Å²) in [6.45, 7) is 2.43. The number of benzene rings is 1. The molecule has 0 radical (unpaired) electrons.